The van der Waals surface area contributed by atoms with Gasteiger partial charge in [-0.05, 0) is 25.0 Å². The number of nitrogens with one attached hydrogen (secondary N) is 1. The number of hydrogen-bond acceptors (Lipinski definition) is 2. The fraction of sp³-hybridized carbons (Fsp3) is 0.500. The van der Waals surface area contributed by atoms with E-state index in [1.165, 1.54) is 0 Å². The maximum atomic E-state index is 6.18. The average Bonchev–Trinajstić information content (AvgIpc) is 2.27. The van der Waals surface area contributed by atoms with Crippen LogP contribution in [0.1, 0.15) is 26.7 Å². The van der Waals surface area contributed by atoms with Crippen LogP contribution in [0.5, 0.6) is 0 Å². The molecule has 0 aromatic heterocycles. The minimum atomic E-state index is -0.0736. The van der Waals surface area contributed by atoms with E-state index in [0.29, 0.717) is 0 Å². The molecular weight excluding hydrogens is 172 g/mol. The minimum Gasteiger partial charge on any atom is -0.383 e. The highest BCUT2D eigenvalue weighted by Gasteiger charge is 2.19. The standard InChI is InChI=1S/C12H20N2/c1-3-12(13,4-2)10-14-11-8-6-5-7-9-11/h5-9,14H,3-4,10,13H2,1-2H3. The Hall–Kier alpha value is -1.02. The number of rotatable bonds is 5. The average molecular weight is 192 g/mol. The van der Waals surface area contributed by atoms with E-state index in [1.54, 1.807) is 0 Å². The van der Waals surface area contributed by atoms with Crippen molar-refractivity contribution in [3.8, 4) is 0 Å². The molecular formula is C12H20N2. The van der Waals surface area contributed by atoms with Crippen molar-refractivity contribution in [1.82, 2.24) is 0 Å². The van der Waals surface area contributed by atoms with E-state index in [9.17, 15) is 0 Å². The topological polar surface area (TPSA) is 38.0 Å². The van der Waals surface area contributed by atoms with Crippen molar-refractivity contribution in [3.63, 3.8) is 0 Å². The zero-order valence-electron chi connectivity index (χ0n) is 9.09. The molecule has 0 saturated heterocycles. The van der Waals surface area contributed by atoms with E-state index in [0.717, 1.165) is 25.1 Å². The van der Waals surface area contributed by atoms with E-state index in [2.05, 4.69) is 31.3 Å². The summed E-state index contributed by atoms with van der Waals surface area (Å²) in [5.74, 6) is 0. The molecule has 0 aliphatic heterocycles. The minimum absolute atomic E-state index is 0.0736. The van der Waals surface area contributed by atoms with Crippen LogP contribution in [0, 0.1) is 0 Å². The predicted octanol–water partition coefficient (Wildman–Crippen LogP) is 2.62. The van der Waals surface area contributed by atoms with Gasteiger partial charge in [-0.3, -0.25) is 0 Å². The van der Waals surface area contributed by atoms with E-state index in [1.807, 2.05) is 18.2 Å². The molecule has 0 amide bonds. The molecule has 0 fully saturated rings. The number of para-hydroxylation sites is 1. The lowest BCUT2D eigenvalue weighted by Gasteiger charge is -2.27. The Morgan fingerprint density at radius 2 is 1.71 bits per heavy atom. The summed E-state index contributed by atoms with van der Waals surface area (Å²) in [4.78, 5) is 0. The number of anilines is 1. The fourth-order valence-corrected chi connectivity index (χ4v) is 1.33. The van der Waals surface area contributed by atoms with Gasteiger partial charge in [-0.25, -0.2) is 0 Å². The van der Waals surface area contributed by atoms with Crippen molar-refractivity contribution in [2.75, 3.05) is 11.9 Å². The van der Waals surface area contributed by atoms with E-state index in [-0.39, 0.29) is 5.54 Å². The van der Waals surface area contributed by atoms with Gasteiger partial charge in [0.15, 0.2) is 0 Å². The second kappa shape index (κ2) is 5.01. The van der Waals surface area contributed by atoms with Gasteiger partial charge in [0, 0.05) is 17.8 Å². The van der Waals surface area contributed by atoms with Crippen LogP contribution in [0.15, 0.2) is 30.3 Å². The van der Waals surface area contributed by atoms with Gasteiger partial charge in [-0.1, -0.05) is 32.0 Å². The summed E-state index contributed by atoms with van der Waals surface area (Å²) in [6, 6.07) is 10.2. The van der Waals surface area contributed by atoms with Crippen molar-refractivity contribution in [1.29, 1.82) is 0 Å². The third-order valence-corrected chi connectivity index (χ3v) is 2.83. The summed E-state index contributed by atoms with van der Waals surface area (Å²) in [6.07, 6.45) is 2.01. The van der Waals surface area contributed by atoms with Crippen molar-refractivity contribution < 1.29 is 0 Å². The number of benzene rings is 1. The van der Waals surface area contributed by atoms with Gasteiger partial charge in [0.25, 0.3) is 0 Å². The zero-order valence-corrected chi connectivity index (χ0v) is 9.09. The molecule has 14 heavy (non-hydrogen) atoms. The first kappa shape index (κ1) is 11.1. The Labute approximate surface area is 86.5 Å². The second-order valence-electron chi connectivity index (χ2n) is 3.79. The van der Waals surface area contributed by atoms with Gasteiger partial charge < -0.3 is 11.1 Å². The molecule has 0 aliphatic rings. The highest BCUT2D eigenvalue weighted by molar-refractivity contribution is 5.42. The van der Waals surface area contributed by atoms with Crippen LogP contribution in [-0.4, -0.2) is 12.1 Å². The summed E-state index contributed by atoms with van der Waals surface area (Å²) >= 11 is 0. The molecule has 1 rings (SSSR count). The van der Waals surface area contributed by atoms with Crippen molar-refractivity contribution in [3.05, 3.63) is 30.3 Å². The Kier molecular flexibility index (Phi) is 3.96. The van der Waals surface area contributed by atoms with Crippen LogP contribution in [0.2, 0.25) is 0 Å². The Bertz CT molecular complexity index is 252. The molecule has 2 nitrogen and oxygen atoms in total. The molecule has 1 aromatic carbocycles. The SMILES string of the molecule is CCC(N)(CC)CNc1ccccc1. The van der Waals surface area contributed by atoms with Gasteiger partial charge in [-0.15, -0.1) is 0 Å². The van der Waals surface area contributed by atoms with Gasteiger partial charge in [0.2, 0.25) is 0 Å². The predicted molar refractivity (Wildman–Crippen MR) is 62.4 cm³/mol. The second-order valence-corrected chi connectivity index (χ2v) is 3.79. The lowest BCUT2D eigenvalue weighted by Crippen LogP contribution is -2.45. The van der Waals surface area contributed by atoms with Gasteiger partial charge >= 0.3 is 0 Å². The van der Waals surface area contributed by atoms with Crippen LogP contribution in [0.4, 0.5) is 5.69 Å². The van der Waals surface area contributed by atoms with Gasteiger partial charge in [-0.2, -0.15) is 0 Å². The first-order chi connectivity index (χ1) is 6.70. The van der Waals surface area contributed by atoms with Crippen molar-refractivity contribution in [2.24, 2.45) is 5.73 Å². The molecule has 0 spiro atoms. The Balaban J connectivity index is 2.48. The monoisotopic (exact) mass is 192 g/mol. The number of nitrogens with two attached hydrogens (primary N) is 1. The molecule has 1 aromatic rings. The van der Waals surface area contributed by atoms with Crippen molar-refractivity contribution in [2.45, 2.75) is 32.2 Å². The smallest absolute Gasteiger partial charge is 0.0340 e. The van der Waals surface area contributed by atoms with E-state index in [4.69, 9.17) is 5.73 Å². The molecule has 0 aliphatic carbocycles. The molecule has 0 saturated carbocycles. The summed E-state index contributed by atoms with van der Waals surface area (Å²) in [5, 5.41) is 3.36. The zero-order chi connectivity index (χ0) is 10.4. The number of hydrogen-bond donors (Lipinski definition) is 2. The molecule has 0 unspecified atom stereocenters. The quantitative estimate of drug-likeness (QED) is 0.752. The van der Waals surface area contributed by atoms with Gasteiger partial charge in [0.1, 0.15) is 0 Å². The molecule has 0 atom stereocenters. The van der Waals surface area contributed by atoms with Gasteiger partial charge in [0.05, 0.1) is 0 Å². The lowest BCUT2D eigenvalue weighted by atomic mass is 9.94. The van der Waals surface area contributed by atoms with E-state index >= 15 is 0 Å². The Morgan fingerprint density at radius 3 is 2.21 bits per heavy atom. The van der Waals surface area contributed by atoms with Crippen LogP contribution < -0.4 is 11.1 Å². The molecule has 2 heteroatoms. The fourth-order valence-electron chi connectivity index (χ4n) is 1.33. The Morgan fingerprint density at radius 1 is 1.14 bits per heavy atom. The van der Waals surface area contributed by atoms with Crippen LogP contribution in [-0.2, 0) is 0 Å². The molecule has 78 valence electrons. The normalized spacial score (nSPS) is 11.4. The van der Waals surface area contributed by atoms with Crippen LogP contribution in [0.25, 0.3) is 0 Å². The highest BCUT2D eigenvalue weighted by atomic mass is 14.9. The molecule has 0 heterocycles. The first-order valence-electron chi connectivity index (χ1n) is 5.28. The molecule has 0 bridgehead atoms. The largest absolute Gasteiger partial charge is 0.383 e. The third-order valence-electron chi connectivity index (χ3n) is 2.83. The molecule has 0 radical (unpaired) electrons. The van der Waals surface area contributed by atoms with Crippen LogP contribution in [0.3, 0.4) is 0 Å². The maximum absolute atomic E-state index is 6.18. The summed E-state index contributed by atoms with van der Waals surface area (Å²) in [6.45, 7) is 5.11. The molecule has 3 N–H and O–H groups in total. The summed E-state index contributed by atoms with van der Waals surface area (Å²) in [5.41, 5.74) is 7.25. The van der Waals surface area contributed by atoms with Crippen molar-refractivity contribution >= 4 is 5.69 Å². The maximum Gasteiger partial charge on any atom is 0.0340 e. The van der Waals surface area contributed by atoms with E-state index < -0.39 is 0 Å². The van der Waals surface area contributed by atoms with Crippen LogP contribution >= 0.6 is 0 Å². The lowest BCUT2D eigenvalue weighted by molar-refractivity contribution is 0.418. The third kappa shape index (κ3) is 3.04. The summed E-state index contributed by atoms with van der Waals surface area (Å²) in [7, 11) is 0. The first-order valence-corrected chi connectivity index (χ1v) is 5.28. The highest BCUT2D eigenvalue weighted by Crippen LogP contribution is 2.13. The summed E-state index contributed by atoms with van der Waals surface area (Å²) < 4.78 is 0.